The van der Waals surface area contributed by atoms with Crippen LogP contribution in [-0.4, -0.2) is 54.5 Å². The second-order valence-corrected chi connectivity index (χ2v) is 8.14. The second-order valence-electron chi connectivity index (χ2n) is 8.14. The minimum atomic E-state index is -0.189. The molecule has 0 aromatic carbocycles. The Hall–Kier alpha value is -2.31. The maximum Gasteiger partial charge on any atom is 0.319 e. The lowest BCUT2D eigenvalue weighted by Gasteiger charge is -2.37. The summed E-state index contributed by atoms with van der Waals surface area (Å²) in [5.41, 5.74) is 0.688. The Morgan fingerprint density at radius 1 is 1.07 bits per heavy atom. The Bertz CT molecular complexity index is 650. The molecule has 1 aromatic heterocycles. The number of hydrogen-bond donors (Lipinski definition) is 2. The molecule has 1 saturated carbocycles. The number of carbonyl (C=O) groups is 2. The van der Waals surface area contributed by atoms with Crippen LogP contribution in [0.5, 0.6) is 0 Å². The van der Waals surface area contributed by atoms with E-state index in [1.54, 1.807) is 6.20 Å². The standard InChI is InChI=1S/C22H35N5O2/c1-2-3-7-12-23-22(29)25-19-10-11-20(24-17-19)26-13-15-27(16-14-26)21(28)18-8-5-4-6-9-18/h10-11,17-18H,2-9,12-16H2,1H3,(H2,23,25,29). The van der Waals surface area contributed by atoms with Crippen molar-refractivity contribution < 1.29 is 9.59 Å². The van der Waals surface area contributed by atoms with Gasteiger partial charge in [0.2, 0.25) is 5.91 Å². The van der Waals surface area contributed by atoms with Gasteiger partial charge in [-0.05, 0) is 31.4 Å². The Labute approximate surface area is 174 Å². The Morgan fingerprint density at radius 2 is 1.83 bits per heavy atom. The minimum Gasteiger partial charge on any atom is -0.353 e. The molecule has 3 amide bonds. The van der Waals surface area contributed by atoms with Crippen LogP contribution in [0, 0.1) is 5.92 Å². The van der Waals surface area contributed by atoms with E-state index in [0.29, 0.717) is 18.1 Å². The van der Waals surface area contributed by atoms with Crippen LogP contribution in [0.25, 0.3) is 0 Å². The van der Waals surface area contributed by atoms with Gasteiger partial charge in [-0.1, -0.05) is 39.0 Å². The number of pyridine rings is 1. The number of urea groups is 1. The summed E-state index contributed by atoms with van der Waals surface area (Å²) in [6, 6.07) is 3.63. The number of anilines is 2. The number of nitrogens with one attached hydrogen (secondary N) is 2. The molecule has 2 aliphatic rings. The van der Waals surface area contributed by atoms with Crippen molar-refractivity contribution in [1.82, 2.24) is 15.2 Å². The number of carbonyl (C=O) groups excluding carboxylic acids is 2. The number of nitrogens with zero attached hydrogens (tertiary/aromatic N) is 3. The molecule has 29 heavy (non-hydrogen) atoms. The van der Waals surface area contributed by atoms with Gasteiger partial charge >= 0.3 is 6.03 Å². The van der Waals surface area contributed by atoms with Crippen LogP contribution in [0.4, 0.5) is 16.3 Å². The quantitative estimate of drug-likeness (QED) is 0.684. The molecule has 1 aliphatic heterocycles. The van der Waals surface area contributed by atoms with Crippen molar-refractivity contribution >= 4 is 23.4 Å². The number of rotatable bonds is 7. The van der Waals surface area contributed by atoms with Gasteiger partial charge < -0.3 is 20.4 Å². The summed E-state index contributed by atoms with van der Waals surface area (Å²) in [5.74, 6) is 1.48. The van der Waals surface area contributed by atoms with Crippen LogP contribution in [0.2, 0.25) is 0 Å². The average Bonchev–Trinajstić information content (AvgIpc) is 2.77. The predicted molar refractivity (Wildman–Crippen MR) is 116 cm³/mol. The highest BCUT2D eigenvalue weighted by Crippen LogP contribution is 2.26. The van der Waals surface area contributed by atoms with E-state index in [9.17, 15) is 9.59 Å². The summed E-state index contributed by atoms with van der Waals surface area (Å²) in [7, 11) is 0. The first-order valence-electron chi connectivity index (χ1n) is 11.2. The zero-order valence-corrected chi connectivity index (χ0v) is 17.7. The van der Waals surface area contributed by atoms with E-state index < -0.39 is 0 Å². The molecule has 2 fully saturated rings. The van der Waals surface area contributed by atoms with Gasteiger partial charge in [0.25, 0.3) is 0 Å². The molecule has 1 saturated heterocycles. The Balaban J connectivity index is 1.42. The molecular formula is C22H35N5O2. The fraction of sp³-hybridized carbons (Fsp3) is 0.682. The number of amides is 3. The Morgan fingerprint density at radius 3 is 2.48 bits per heavy atom. The third-order valence-corrected chi connectivity index (χ3v) is 5.94. The van der Waals surface area contributed by atoms with Gasteiger partial charge in [-0.25, -0.2) is 9.78 Å². The largest absolute Gasteiger partial charge is 0.353 e. The van der Waals surface area contributed by atoms with Crippen molar-refractivity contribution in [2.75, 3.05) is 42.9 Å². The lowest BCUT2D eigenvalue weighted by atomic mass is 9.88. The van der Waals surface area contributed by atoms with E-state index in [1.807, 2.05) is 17.0 Å². The molecular weight excluding hydrogens is 366 g/mol. The highest BCUT2D eigenvalue weighted by molar-refractivity contribution is 5.89. The SMILES string of the molecule is CCCCCNC(=O)Nc1ccc(N2CCN(C(=O)C3CCCCC3)CC2)nc1. The van der Waals surface area contributed by atoms with Crippen molar-refractivity contribution in [2.45, 2.75) is 58.3 Å². The number of hydrogen-bond acceptors (Lipinski definition) is 4. The van der Waals surface area contributed by atoms with Crippen LogP contribution in [-0.2, 0) is 4.79 Å². The van der Waals surface area contributed by atoms with Crippen molar-refractivity contribution in [3.8, 4) is 0 Å². The van der Waals surface area contributed by atoms with Crippen molar-refractivity contribution in [1.29, 1.82) is 0 Å². The fourth-order valence-electron chi connectivity index (χ4n) is 4.16. The maximum absolute atomic E-state index is 12.7. The van der Waals surface area contributed by atoms with Gasteiger partial charge in [0.05, 0.1) is 11.9 Å². The first-order chi connectivity index (χ1) is 14.2. The highest BCUT2D eigenvalue weighted by Gasteiger charge is 2.28. The minimum absolute atomic E-state index is 0.189. The summed E-state index contributed by atoms with van der Waals surface area (Å²) < 4.78 is 0. The van der Waals surface area contributed by atoms with E-state index in [0.717, 1.165) is 64.1 Å². The predicted octanol–water partition coefficient (Wildman–Crippen LogP) is 3.62. The highest BCUT2D eigenvalue weighted by atomic mass is 16.2. The van der Waals surface area contributed by atoms with E-state index in [2.05, 4.69) is 27.4 Å². The third-order valence-electron chi connectivity index (χ3n) is 5.94. The van der Waals surface area contributed by atoms with Crippen LogP contribution >= 0.6 is 0 Å². The summed E-state index contributed by atoms with van der Waals surface area (Å²) in [5, 5.41) is 5.68. The van der Waals surface area contributed by atoms with Gasteiger partial charge in [-0.3, -0.25) is 4.79 Å². The zero-order valence-electron chi connectivity index (χ0n) is 17.7. The number of aromatic nitrogens is 1. The molecule has 0 spiro atoms. The first kappa shape index (κ1) is 21.4. The van der Waals surface area contributed by atoms with Crippen molar-refractivity contribution in [2.24, 2.45) is 5.92 Å². The maximum atomic E-state index is 12.7. The molecule has 2 heterocycles. The molecule has 160 valence electrons. The summed E-state index contributed by atoms with van der Waals surface area (Å²) in [4.78, 5) is 33.3. The summed E-state index contributed by atoms with van der Waals surface area (Å²) in [6.07, 6.45) is 10.7. The fourth-order valence-corrected chi connectivity index (χ4v) is 4.16. The van der Waals surface area contributed by atoms with Crippen LogP contribution in [0.15, 0.2) is 18.3 Å². The van der Waals surface area contributed by atoms with E-state index >= 15 is 0 Å². The Kier molecular flexibility index (Phi) is 8.14. The van der Waals surface area contributed by atoms with Crippen LogP contribution < -0.4 is 15.5 Å². The topological polar surface area (TPSA) is 77.6 Å². The molecule has 0 radical (unpaired) electrons. The lowest BCUT2D eigenvalue weighted by molar-refractivity contribution is -0.136. The third kappa shape index (κ3) is 6.34. The molecule has 0 atom stereocenters. The van der Waals surface area contributed by atoms with E-state index in [1.165, 1.54) is 19.3 Å². The van der Waals surface area contributed by atoms with Gasteiger partial charge in [0.15, 0.2) is 0 Å². The summed E-state index contributed by atoms with van der Waals surface area (Å²) in [6.45, 7) is 5.96. The zero-order chi connectivity index (χ0) is 20.5. The molecule has 1 aliphatic carbocycles. The van der Waals surface area contributed by atoms with E-state index in [4.69, 9.17) is 0 Å². The normalized spacial score (nSPS) is 17.8. The second kappa shape index (κ2) is 11.0. The van der Waals surface area contributed by atoms with E-state index in [-0.39, 0.29) is 11.9 Å². The van der Waals surface area contributed by atoms with Gasteiger partial charge in [0.1, 0.15) is 5.82 Å². The average molecular weight is 402 g/mol. The molecule has 7 heteroatoms. The molecule has 0 bridgehead atoms. The number of piperazine rings is 1. The molecule has 7 nitrogen and oxygen atoms in total. The first-order valence-corrected chi connectivity index (χ1v) is 11.2. The van der Waals surface area contributed by atoms with Crippen molar-refractivity contribution in [3.63, 3.8) is 0 Å². The van der Waals surface area contributed by atoms with Crippen molar-refractivity contribution in [3.05, 3.63) is 18.3 Å². The number of unbranched alkanes of at least 4 members (excludes halogenated alkanes) is 2. The monoisotopic (exact) mass is 401 g/mol. The van der Waals surface area contributed by atoms with Gasteiger partial charge in [-0.2, -0.15) is 0 Å². The molecule has 0 unspecified atom stereocenters. The lowest BCUT2D eigenvalue weighted by Crippen LogP contribution is -2.50. The summed E-state index contributed by atoms with van der Waals surface area (Å²) >= 11 is 0. The van der Waals surface area contributed by atoms with Gasteiger partial charge in [0, 0.05) is 38.6 Å². The van der Waals surface area contributed by atoms with Crippen LogP contribution in [0.1, 0.15) is 58.3 Å². The van der Waals surface area contributed by atoms with Crippen LogP contribution in [0.3, 0.4) is 0 Å². The smallest absolute Gasteiger partial charge is 0.319 e. The molecule has 1 aromatic rings. The van der Waals surface area contributed by atoms with Gasteiger partial charge in [-0.15, -0.1) is 0 Å². The molecule has 2 N–H and O–H groups in total. The molecule has 3 rings (SSSR count).